The van der Waals surface area contributed by atoms with Gasteiger partial charge in [0.05, 0.1) is 0 Å². The molecule has 3 atom stereocenters. The number of carbonyl (C=O) groups is 2. The first kappa shape index (κ1) is 7.77. The standard InChI is InChI=1S/C9H12O3/c10-7-4-5-2-1-3-6(5)8(7)9(11)12/h5-6,8H,1-4H2,(H,11,12). The lowest BCUT2D eigenvalue weighted by atomic mass is 9.92. The van der Waals surface area contributed by atoms with E-state index in [1.807, 2.05) is 0 Å². The van der Waals surface area contributed by atoms with Gasteiger partial charge >= 0.3 is 5.97 Å². The van der Waals surface area contributed by atoms with E-state index in [-0.39, 0.29) is 11.7 Å². The fourth-order valence-electron chi connectivity index (χ4n) is 2.70. The molecular weight excluding hydrogens is 156 g/mol. The van der Waals surface area contributed by atoms with Crippen LogP contribution in [0.4, 0.5) is 0 Å². The molecule has 0 saturated heterocycles. The van der Waals surface area contributed by atoms with Crippen LogP contribution >= 0.6 is 0 Å². The Bertz CT molecular complexity index is 234. The Morgan fingerprint density at radius 2 is 2.17 bits per heavy atom. The van der Waals surface area contributed by atoms with Crippen molar-refractivity contribution >= 4 is 11.8 Å². The molecule has 0 radical (unpaired) electrons. The third kappa shape index (κ3) is 0.958. The summed E-state index contributed by atoms with van der Waals surface area (Å²) in [5.74, 6) is -1.07. The predicted molar refractivity (Wildman–Crippen MR) is 41.6 cm³/mol. The van der Waals surface area contributed by atoms with Gasteiger partial charge in [0.2, 0.25) is 0 Å². The van der Waals surface area contributed by atoms with E-state index in [4.69, 9.17) is 5.11 Å². The zero-order chi connectivity index (χ0) is 8.72. The monoisotopic (exact) mass is 168 g/mol. The molecule has 0 amide bonds. The lowest BCUT2D eigenvalue weighted by Gasteiger charge is -2.11. The molecule has 3 unspecified atom stereocenters. The van der Waals surface area contributed by atoms with Gasteiger partial charge in [-0.15, -0.1) is 0 Å². The van der Waals surface area contributed by atoms with Crippen molar-refractivity contribution in [3.63, 3.8) is 0 Å². The molecule has 2 saturated carbocycles. The van der Waals surface area contributed by atoms with Crippen molar-refractivity contribution in [2.24, 2.45) is 17.8 Å². The first-order valence-electron chi connectivity index (χ1n) is 4.45. The molecule has 2 rings (SSSR count). The minimum atomic E-state index is -0.908. The second-order valence-electron chi connectivity index (χ2n) is 3.84. The molecule has 2 aliphatic rings. The van der Waals surface area contributed by atoms with Gasteiger partial charge in [-0.05, 0) is 24.7 Å². The Morgan fingerprint density at radius 1 is 1.42 bits per heavy atom. The maximum Gasteiger partial charge on any atom is 0.314 e. The molecule has 12 heavy (non-hydrogen) atoms. The average Bonchev–Trinajstić information content (AvgIpc) is 2.44. The number of hydrogen-bond donors (Lipinski definition) is 1. The van der Waals surface area contributed by atoms with Crippen molar-refractivity contribution in [2.75, 3.05) is 0 Å². The number of ketones is 1. The zero-order valence-electron chi connectivity index (χ0n) is 6.82. The van der Waals surface area contributed by atoms with Gasteiger partial charge < -0.3 is 5.11 Å². The van der Waals surface area contributed by atoms with E-state index in [9.17, 15) is 9.59 Å². The van der Waals surface area contributed by atoms with Crippen molar-refractivity contribution in [3.05, 3.63) is 0 Å². The Hall–Kier alpha value is -0.860. The number of rotatable bonds is 1. The SMILES string of the molecule is O=C(O)C1C(=O)CC2CCCC21. The summed E-state index contributed by atoms with van der Waals surface area (Å²) in [4.78, 5) is 22.0. The summed E-state index contributed by atoms with van der Waals surface area (Å²) in [5, 5.41) is 8.81. The molecule has 0 aliphatic heterocycles. The van der Waals surface area contributed by atoms with Gasteiger partial charge in [0, 0.05) is 6.42 Å². The Morgan fingerprint density at radius 3 is 2.83 bits per heavy atom. The first-order chi connectivity index (χ1) is 5.70. The maximum absolute atomic E-state index is 11.2. The van der Waals surface area contributed by atoms with Crippen LogP contribution in [0.5, 0.6) is 0 Å². The Balaban J connectivity index is 2.21. The number of aliphatic carboxylic acids is 1. The van der Waals surface area contributed by atoms with E-state index in [1.54, 1.807) is 0 Å². The van der Waals surface area contributed by atoms with E-state index >= 15 is 0 Å². The van der Waals surface area contributed by atoms with E-state index in [0.29, 0.717) is 12.3 Å². The van der Waals surface area contributed by atoms with Crippen molar-refractivity contribution in [3.8, 4) is 0 Å². The summed E-state index contributed by atoms with van der Waals surface area (Å²) >= 11 is 0. The number of carboxylic acid groups (broad SMARTS) is 1. The van der Waals surface area contributed by atoms with Crippen molar-refractivity contribution < 1.29 is 14.7 Å². The van der Waals surface area contributed by atoms with Gasteiger partial charge in [-0.3, -0.25) is 9.59 Å². The topological polar surface area (TPSA) is 54.4 Å². The molecule has 0 heterocycles. The molecule has 3 heteroatoms. The fraction of sp³-hybridized carbons (Fsp3) is 0.778. The summed E-state index contributed by atoms with van der Waals surface area (Å²) in [6.45, 7) is 0. The van der Waals surface area contributed by atoms with Gasteiger partial charge in [0.25, 0.3) is 0 Å². The van der Waals surface area contributed by atoms with Crippen molar-refractivity contribution in [1.82, 2.24) is 0 Å². The van der Waals surface area contributed by atoms with Gasteiger partial charge in [0.15, 0.2) is 0 Å². The highest BCUT2D eigenvalue weighted by molar-refractivity contribution is 6.00. The van der Waals surface area contributed by atoms with Gasteiger partial charge in [0.1, 0.15) is 11.7 Å². The van der Waals surface area contributed by atoms with Gasteiger partial charge in [-0.25, -0.2) is 0 Å². The zero-order valence-corrected chi connectivity index (χ0v) is 6.82. The normalized spacial score (nSPS) is 40.0. The molecule has 1 N–H and O–H groups in total. The molecule has 0 aromatic carbocycles. The predicted octanol–water partition coefficient (Wildman–Crippen LogP) is 1.08. The number of fused-ring (bicyclic) bond motifs is 1. The van der Waals surface area contributed by atoms with Crippen LogP contribution in [0, 0.1) is 17.8 Å². The Kier molecular flexibility index (Phi) is 1.67. The second-order valence-corrected chi connectivity index (χ2v) is 3.84. The largest absolute Gasteiger partial charge is 0.481 e. The van der Waals surface area contributed by atoms with Crippen LogP contribution in [-0.4, -0.2) is 16.9 Å². The average molecular weight is 168 g/mol. The summed E-state index contributed by atoms with van der Waals surface area (Å²) in [6.07, 6.45) is 3.61. The number of hydrogen-bond acceptors (Lipinski definition) is 2. The van der Waals surface area contributed by atoms with Crippen LogP contribution in [0.2, 0.25) is 0 Å². The van der Waals surface area contributed by atoms with E-state index < -0.39 is 11.9 Å². The molecule has 0 aromatic rings. The third-order valence-electron chi connectivity index (χ3n) is 3.22. The Labute approximate surface area is 70.8 Å². The molecular formula is C9H12O3. The third-order valence-corrected chi connectivity index (χ3v) is 3.22. The van der Waals surface area contributed by atoms with Crippen LogP contribution in [0.1, 0.15) is 25.7 Å². The van der Waals surface area contributed by atoms with E-state index in [0.717, 1.165) is 19.3 Å². The van der Waals surface area contributed by atoms with Crippen molar-refractivity contribution in [1.29, 1.82) is 0 Å². The lowest BCUT2D eigenvalue weighted by Crippen LogP contribution is -2.24. The molecule has 0 spiro atoms. The van der Waals surface area contributed by atoms with E-state index in [1.165, 1.54) is 0 Å². The molecule has 0 aromatic heterocycles. The van der Waals surface area contributed by atoms with Crippen molar-refractivity contribution in [2.45, 2.75) is 25.7 Å². The smallest absolute Gasteiger partial charge is 0.314 e. The number of carbonyl (C=O) groups excluding carboxylic acids is 1. The summed E-state index contributed by atoms with van der Waals surface area (Å²) in [7, 11) is 0. The fourth-order valence-corrected chi connectivity index (χ4v) is 2.70. The van der Waals surface area contributed by atoms with E-state index in [2.05, 4.69) is 0 Å². The maximum atomic E-state index is 11.2. The highest BCUT2D eigenvalue weighted by Crippen LogP contribution is 2.45. The molecule has 0 bridgehead atoms. The molecule has 66 valence electrons. The number of carboxylic acids is 1. The highest BCUT2D eigenvalue weighted by Gasteiger charge is 2.48. The lowest BCUT2D eigenvalue weighted by molar-refractivity contribution is -0.146. The quantitative estimate of drug-likeness (QED) is 0.596. The van der Waals surface area contributed by atoms with Crippen LogP contribution in [0.25, 0.3) is 0 Å². The second kappa shape index (κ2) is 2.57. The highest BCUT2D eigenvalue weighted by atomic mass is 16.4. The summed E-state index contributed by atoms with van der Waals surface area (Å²) < 4.78 is 0. The van der Waals surface area contributed by atoms with Crippen LogP contribution < -0.4 is 0 Å². The summed E-state index contributed by atoms with van der Waals surface area (Å²) in [5.41, 5.74) is 0. The van der Waals surface area contributed by atoms with Crippen LogP contribution in [0.3, 0.4) is 0 Å². The summed E-state index contributed by atoms with van der Waals surface area (Å²) in [6, 6.07) is 0. The number of Topliss-reactive ketones (excluding diaryl/α,β-unsaturated/α-hetero) is 1. The van der Waals surface area contributed by atoms with Crippen LogP contribution in [0.15, 0.2) is 0 Å². The molecule has 3 nitrogen and oxygen atoms in total. The van der Waals surface area contributed by atoms with Crippen LogP contribution in [-0.2, 0) is 9.59 Å². The first-order valence-corrected chi connectivity index (χ1v) is 4.45. The van der Waals surface area contributed by atoms with Gasteiger partial charge in [-0.1, -0.05) is 6.42 Å². The minimum Gasteiger partial charge on any atom is -0.481 e. The molecule has 2 aliphatic carbocycles. The van der Waals surface area contributed by atoms with Gasteiger partial charge in [-0.2, -0.15) is 0 Å². The minimum absolute atomic E-state index is 0.0443. The molecule has 2 fully saturated rings.